The highest BCUT2D eigenvalue weighted by Crippen LogP contribution is 2.31. The quantitative estimate of drug-likeness (QED) is 0.552. The predicted molar refractivity (Wildman–Crippen MR) is 111 cm³/mol. The molecule has 9 nitrogen and oxygen atoms in total. The second kappa shape index (κ2) is 8.41. The molecule has 1 heterocycles. The molecule has 0 spiro atoms. The van der Waals surface area contributed by atoms with Gasteiger partial charge in [0, 0.05) is 18.7 Å². The van der Waals surface area contributed by atoms with Crippen LogP contribution in [0, 0.1) is 24.0 Å². The van der Waals surface area contributed by atoms with Crippen molar-refractivity contribution >= 4 is 27.3 Å². The van der Waals surface area contributed by atoms with E-state index in [1.807, 2.05) is 0 Å². The van der Waals surface area contributed by atoms with E-state index in [9.17, 15) is 23.3 Å². The average molecular weight is 433 g/mol. The summed E-state index contributed by atoms with van der Waals surface area (Å²) in [7, 11) is -2.48. The molecule has 2 aromatic carbocycles. The van der Waals surface area contributed by atoms with Crippen molar-refractivity contribution in [2.75, 3.05) is 19.0 Å². The third-order valence-electron chi connectivity index (χ3n) is 5.25. The van der Waals surface area contributed by atoms with Gasteiger partial charge in [-0.3, -0.25) is 14.9 Å². The fourth-order valence-electron chi connectivity index (χ4n) is 3.57. The van der Waals surface area contributed by atoms with E-state index in [2.05, 4.69) is 5.32 Å². The van der Waals surface area contributed by atoms with Gasteiger partial charge in [0.25, 0.3) is 5.69 Å². The Morgan fingerprint density at radius 1 is 1.27 bits per heavy atom. The van der Waals surface area contributed by atoms with Crippen molar-refractivity contribution in [3.63, 3.8) is 0 Å². The van der Waals surface area contributed by atoms with E-state index in [0.29, 0.717) is 29.7 Å². The number of rotatable bonds is 6. The van der Waals surface area contributed by atoms with E-state index < -0.39 is 26.9 Å². The Balaban J connectivity index is 1.90. The maximum absolute atomic E-state index is 13.3. The molecule has 1 aliphatic heterocycles. The lowest BCUT2D eigenvalue weighted by Crippen LogP contribution is -2.43. The van der Waals surface area contributed by atoms with Crippen LogP contribution in [0.2, 0.25) is 0 Å². The van der Waals surface area contributed by atoms with Crippen LogP contribution in [0.25, 0.3) is 0 Å². The summed E-state index contributed by atoms with van der Waals surface area (Å²) in [5.74, 6) is -0.105. The molecule has 1 amide bonds. The molecule has 0 bridgehead atoms. The maximum atomic E-state index is 13.3. The first-order valence-electron chi connectivity index (χ1n) is 9.38. The van der Waals surface area contributed by atoms with Gasteiger partial charge >= 0.3 is 0 Å². The monoisotopic (exact) mass is 433 g/mol. The van der Waals surface area contributed by atoms with E-state index >= 15 is 0 Å². The summed E-state index contributed by atoms with van der Waals surface area (Å²) in [5, 5.41) is 13.8. The lowest BCUT2D eigenvalue weighted by molar-refractivity contribution is -0.385. The molecule has 1 fully saturated rings. The fraction of sp³-hybridized carbons (Fsp3) is 0.350. The Labute approximate surface area is 174 Å². The van der Waals surface area contributed by atoms with Gasteiger partial charge < -0.3 is 10.1 Å². The number of nitrogens with zero attached hydrogens (tertiary/aromatic N) is 2. The van der Waals surface area contributed by atoms with E-state index in [0.717, 1.165) is 0 Å². The van der Waals surface area contributed by atoms with Crippen LogP contribution < -0.4 is 10.1 Å². The molecule has 1 N–H and O–H groups in total. The molecule has 3 rings (SSSR count). The third kappa shape index (κ3) is 4.01. The van der Waals surface area contributed by atoms with Crippen LogP contribution >= 0.6 is 0 Å². The number of nitrogens with one attached hydrogen (secondary N) is 1. The van der Waals surface area contributed by atoms with Crippen LogP contribution in [0.5, 0.6) is 5.75 Å². The lowest BCUT2D eigenvalue weighted by Gasteiger charge is -2.24. The van der Waals surface area contributed by atoms with Crippen molar-refractivity contribution in [1.29, 1.82) is 0 Å². The van der Waals surface area contributed by atoms with Gasteiger partial charge in [-0.25, -0.2) is 8.42 Å². The summed E-state index contributed by atoms with van der Waals surface area (Å²) in [6.07, 6.45) is 0.899. The number of benzene rings is 2. The summed E-state index contributed by atoms with van der Waals surface area (Å²) in [5.41, 5.74) is 1.04. The topological polar surface area (TPSA) is 119 Å². The van der Waals surface area contributed by atoms with Crippen molar-refractivity contribution in [3.05, 3.63) is 57.6 Å². The van der Waals surface area contributed by atoms with Gasteiger partial charge in [0.2, 0.25) is 15.9 Å². The van der Waals surface area contributed by atoms with Gasteiger partial charge in [0.15, 0.2) is 0 Å². The summed E-state index contributed by atoms with van der Waals surface area (Å²) in [4.78, 5) is 23.6. The average Bonchev–Trinajstić information content (AvgIpc) is 3.20. The Hall–Kier alpha value is -2.98. The van der Waals surface area contributed by atoms with Crippen molar-refractivity contribution in [2.24, 2.45) is 0 Å². The van der Waals surface area contributed by atoms with Crippen LogP contribution in [0.15, 0.2) is 41.3 Å². The summed E-state index contributed by atoms with van der Waals surface area (Å²) >= 11 is 0. The van der Waals surface area contributed by atoms with Gasteiger partial charge in [-0.15, -0.1) is 0 Å². The molecule has 2 aromatic rings. The van der Waals surface area contributed by atoms with Crippen molar-refractivity contribution in [3.8, 4) is 5.75 Å². The number of hydrogen-bond donors (Lipinski definition) is 1. The number of carbonyl (C=O) groups excluding carboxylic acids is 1. The van der Waals surface area contributed by atoms with Crippen LogP contribution in [0.1, 0.15) is 24.0 Å². The van der Waals surface area contributed by atoms with E-state index in [4.69, 9.17) is 4.74 Å². The summed E-state index contributed by atoms with van der Waals surface area (Å²) in [6.45, 7) is 3.44. The number of nitro groups is 1. The molecule has 0 unspecified atom stereocenters. The van der Waals surface area contributed by atoms with Crippen molar-refractivity contribution in [1.82, 2.24) is 4.31 Å². The minimum atomic E-state index is -3.94. The van der Waals surface area contributed by atoms with Gasteiger partial charge in [-0.2, -0.15) is 4.31 Å². The van der Waals surface area contributed by atoms with Gasteiger partial charge in [0.1, 0.15) is 11.8 Å². The highest BCUT2D eigenvalue weighted by atomic mass is 32.2. The Kier molecular flexibility index (Phi) is 6.09. The molecule has 10 heteroatoms. The number of carbonyl (C=O) groups is 1. The lowest BCUT2D eigenvalue weighted by atomic mass is 10.1. The van der Waals surface area contributed by atoms with Gasteiger partial charge in [0.05, 0.1) is 28.2 Å². The molecule has 0 aromatic heterocycles. The minimum absolute atomic E-state index is 0.0908. The molecule has 1 atom stereocenters. The molecule has 0 radical (unpaired) electrons. The number of sulfonamides is 1. The zero-order valence-electron chi connectivity index (χ0n) is 16.9. The first kappa shape index (κ1) is 21.7. The second-order valence-electron chi connectivity index (χ2n) is 7.10. The number of methoxy groups -OCH3 is 1. The van der Waals surface area contributed by atoms with Crippen LogP contribution in [0.3, 0.4) is 0 Å². The van der Waals surface area contributed by atoms with E-state index in [1.165, 1.54) is 36.5 Å². The number of aryl methyl sites for hydroxylation is 1. The molecule has 160 valence electrons. The molecule has 0 aliphatic carbocycles. The number of hydrogen-bond acceptors (Lipinski definition) is 6. The Morgan fingerprint density at radius 2 is 2.00 bits per heavy atom. The molecular formula is C20H23N3O6S. The first-order valence-corrected chi connectivity index (χ1v) is 10.8. The van der Waals surface area contributed by atoms with Crippen LogP contribution in [-0.4, -0.2) is 43.2 Å². The van der Waals surface area contributed by atoms with Crippen molar-refractivity contribution in [2.45, 2.75) is 37.6 Å². The van der Waals surface area contributed by atoms with Crippen LogP contribution in [0.4, 0.5) is 11.4 Å². The molecule has 30 heavy (non-hydrogen) atoms. The maximum Gasteiger partial charge on any atom is 0.274 e. The minimum Gasteiger partial charge on any atom is -0.497 e. The number of ether oxygens (including phenoxy) is 1. The molecule has 1 aliphatic rings. The largest absolute Gasteiger partial charge is 0.497 e. The van der Waals surface area contributed by atoms with E-state index in [-0.39, 0.29) is 22.8 Å². The van der Waals surface area contributed by atoms with Gasteiger partial charge in [-0.1, -0.05) is 12.1 Å². The normalized spacial score (nSPS) is 17.0. The molecule has 0 saturated carbocycles. The molecule has 1 saturated heterocycles. The Bertz CT molecular complexity index is 1100. The summed E-state index contributed by atoms with van der Waals surface area (Å²) < 4.78 is 32.9. The van der Waals surface area contributed by atoms with Gasteiger partial charge in [-0.05, 0) is 44.4 Å². The Morgan fingerprint density at radius 3 is 2.67 bits per heavy atom. The van der Waals surface area contributed by atoms with Crippen molar-refractivity contribution < 1.29 is 22.9 Å². The SMILES string of the molecule is COc1ccc(C)c(S(=O)(=O)N2CCC[C@H]2C(=O)Nc2cccc([N+](=O)[O-])c2C)c1. The highest BCUT2D eigenvalue weighted by molar-refractivity contribution is 7.89. The van der Waals surface area contributed by atoms with Crippen LogP contribution in [-0.2, 0) is 14.8 Å². The standard InChI is InChI=1S/C20H23N3O6S/c1-13-9-10-15(29-3)12-19(13)30(27,28)22-11-5-8-18(22)20(24)21-16-6-4-7-17(14(16)2)23(25)26/h4,6-7,9-10,12,18H,5,8,11H2,1-3H3,(H,21,24)/t18-/m0/s1. The highest BCUT2D eigenvalue weighted by Gasteiger charge is 2.40. The second-order valence-corrected chi connectivity index (χ2v) is 8.96. The fourth-order valence-corrected chi connectivity index (χ4v) is 5.47. The zero-order chi connectivity index (χ0) is 22.1. The smallest absolute Gasteiger partial charge is 0.274 e. The number of nitro benzene ring substituents is 1. The number of anilines is 1. The third-order valence-corrected chi connectivity index (χ3v) is 7.30. The first-order chi connectivity index (χ1) is 14.2. The predicted octanol–water partition coefficient (Wildman–Crippen LogP) is 3.01. The van der Waals surface area contributed by atoms with E-state index in [1.54, 1.807) is 25.1 Å². The zero-order valence-corrected chi connectivity index (χ0v) is 17.7. The number of amides is 1. The summed E-state index contributed by atoms with van der Waals surface area (Å²) in [6, 6.07) is 8.26. The molecular weight excluding hydrogens is 410 g/mol.